The van der Waals surface area contributed by atoms with Gasteiger partial charge in [-0.05, 0) is 37.6 Å². The number of hydrogen-bond acceptors (Lipinski definition) is 3. The van der Waals surface area contributed by atoms with E-state index in [1.165, 1.54) is 0 Å². The van der Waals surface area contributed by atoms with Crippen LogP contribution in [0.4, 0.5) is 0 Å². The molecule has 2 atom stereocenters. The summed E-state index contributed by atoms with van der Waals surface area (Å²) in [7, 11) is 1.65. The molecule has 2 unspecified atom stereocenters. The third-order valence-electron chi connectivity index (χ3n) is 3.24. The van der Waals surface area contributed by atoms with Gasteiger partial charge in [0.1, 0.15) is 0 Å². The van der Waals surface area contributed by atoms with E-state index >= 15 is 0 Å². The molecule has 0 saturated carbocycles. The molecule has 0 aliphatic heterocycles. The molecule has 0 aliphatic carbocycles. The van der Waals surface area contributed by atoms with E-state index in [4.69, 9.17) is 17.3 Å². The van der Waals surface area contributed by atoms with E-state index in [-0.39, 0.29) is 18.0 Å². The highest BCUT2D eigenvalue weighted by Crippen LogP contribution is 2.25. The fourth-order valence-electron chi connectivity index (χ4n) is 2.37. The zero-order chi connectivity index (χ0) is 15.1. The molecule has 0 spiro atoms. The van der Waals surface area contributed by atoms with E-state index in [1.54, 1.807) is 7.05 Å². The predicted molar refractivity (Wildman–Crippen MR) is 83.8 cm³/mol. The molecule has 0 heterocycles. The van der Waals surface area contributed by atoms with Gasteiger partial charge in [0.05, 0.1) is 12.6 Å². The highest BCUT2D eigenvalue weighted by atomic mass is 35.5. The first-order valence-electron chi connectivity index (χ1n) is 6.95. The quantitative estimate of drug-likeness (QED) is 0.811. The molecular formula is C15H24ClN3O. The van der Waals surface area contributed by atoms with Gasteiger partial charge in [-0.2, -0.15) is 0 Å². The second-order valence-corrected chi connectivity index (χ2v) is 5.44. The van der Waals surface area contributed by atoms with Crippen molar-refractivity contribution in [2.24, 2.45) is 5.73 Å². The van der Waals surface area contributed by atoms with Crippen molar-refractivity contribution in [1.29, 1.82) is 0 Å². The zero-order valence-corrected chi connectivity index (χ0v) is 13.2. The van der Waals surface area contributed by atoms with Gasteiger partial charge in [0.2, 0.25) is 5.91 Å². The zero-order valence-electron chi connectivity index (χ0n) is 12.4. The number of nitrogens with two attached hydrogens (primary N) is 1. The van der Waals surface area contributed by atoms with Crippen LogP contribution < -0.4 is 11.1 Å². The van der Waals surface area contributed by atoms with E-state index in [2.05, 4.69) is 17.1 Å². The third-order valence-corrected chi connectivity index (χ3v) is 3.49. The normalized spacial score (nSPS) is 14.1. The summed E-state index contributed by atoms with van der Waals surface area (Å²) in [6.45, 7) is 5.23. The number of amides is 1. The lowest BCUT2D eigenvalue weighted by molar-refractivity contribution is -0.122. The highest BCUT2D eigenvalue weighted by molar-refractivity contribution is 6.30. The second-order valence-electron chi connectivity index (χ2n) is 5.00. The van der Waals surface area contributed by atoms with Crippen LogP contribution in [0.2, 0.25) is 5.02 Å². The van der Waals surface area contributed by atoms with Crippen molar-refractivity contribution in [1.82, 2.24) is 10.2 Å². The molecule has 0 fully saturated rings. The smallest absolute Gasteiger partial charge is 0.233 e. The Balaban J connectivity index is 3.00. The first-order chi connectivity index (χ1) is 9.49. The molecule has 0 aromatic heterocycles. The van der Waals surface area contributed by atoms with E-state index in [0.29, 0.717) is 11.6 Å². The molecule has 1 amide bonds. The molecule has 4 nitrogen and oxygen atoms in total. The number of hydrogen-bond donors (Lipinski definition) is 2. The van der Waals surface area contributed by atoms with E-state index in [1.807, 2.05) is 31.2 Å². The van der Waals surface area contributed by atoms with E-state index < -0.39 is 0 Å². The van der Waals surface area contributed by atoms with Gasteiger partial charge in [0.25, 0.3) is 0 Å². The van der Waals surface area contributed by atoms with Crippen molar-refractivity contribution >= 4 is 17.5 Å². The number of halogens is 1. The largest absolute Gasteiger partial charge is 0.358 e. The second kappa shape index (κ2) is 8.25. The summed E-state index contributed by atoms with van der Waals surface area (Å²) in [5.74, 6) is -0.00179. The van der Waals surface area contributed by atoms with Crippen molar-refractivity contribution < 1.29 is 4.79 Å². The lowest BCUT2D eigenvalue weighted by Gasteiger charge is -2.34. The summed E-state index contributed by atoms with van der Waals surface area (Å²) < 4.78 is 0. The van der Waals surface area contributed by atoms with Crippen LogP contribution in [-0.4, -0.2) is 37.0 Å². The summed E-state index contributed by atoms with van der Waals surface area (Å²) in [4.78, 5) is 13.8. The molecule has 0 saturated heterocycles. The van der Waals surface area contributed by atoms with Crippen LogP contribution in [0.1, 0.15) is 31.9 Å². The molecule has 1 aromatic rings. The van der Waals surface area contributed by atoms with Gasteiger partial charge in [-0.3, -0.25) is 9.69 Å². The van der Waals surface area contributed by atoms with E-state index in [9.17, 15) is 4.79 Å². The molecule has 0 radical (unpaired) electrons. The predicted octanol–water partition coefficient (Wildman–Crippen LogP) is 2.19. The number of carbonyl (C=O) groups excluding carboxylic acids is 1. The van der Waals surface area contributed by atoms with Gasteiger partial charge < -0.3 is 11.1 Å². The molecule has 3 N–H and O–H groups in total. The summed E-state index contributed by atoms with van der Waals surface area (Å²) in [5, 5.41) is 3.37. The topological polar surface area (TPSA) is 58.4 Å². The summed E-state index contributed by atoms with van der Waals surface area (Å²) >= 11 is 5.93. The maximum absolute atomic E-state index is 11.7. The standard InChI is InChI=1S/C15H24ClN3O/c1-4-9-19(10-14(20)18-3)15(11(2)17)12-5-7-13(16)8-6-12/h5-8,11,15H,4,9-10,17H2,1-3H3,(H,18,20). The van der Waals surface area contributed by atoms with Crippen LogP contribution in [0.15, 0.2) is 24.3 Å². The Kier molecular flexibility index (Phi) is 6.99. The number of likely N-dealkylation sites (N-methyl/N-ethyl adjacent to an activating group) is 1. The SMILES string of the molecule is CCCN(CC(=O)NC)C(c1ccc(Cl)cc1)C(C)N. The Morgan fingerprint density at radius 3 is 2.45 bits per heavy atom. The van der Waals surface area contributed by atoms with Crippen LogP contribution in [0, 0.1) is 0 Å². The van der Waals surface area contributed by atoms with Crippen LogP contribution in [0.25, 0.3) is 0 Å². The summed E-state index contributed by atoms with van der Waals surface area (Å²) in [5.41, 5.74) is 7.23. The van der Waals surface area contributed by atoms with Crippen LogP contribution >= 0.6 is 11.6 Å². The average molecular weight is 298 g/mol. The van der Waals surface area contributed by atoms with E-state index in [0.717, 1.165) is 18.5 Å². The fraction of sp³-hybridized carbons (Fsp3) is 0.533. The molecule has 20 heavy (non-hydrogen) atoms. The number of nitrogens with zero attached hydrogens (tertiary/aromatic N) is 1. The van der Waals surface area contributed by atoms with Gasteiger partial charge in [0.15, 0.2) is 0 Å². The van der Waals surface area contributed by atoms with Crippen molar-refractivity contribution in [2.45, 2.75) is 32.4 Å². The van der Waals surface area contributed by atoms with Crippen molar-refractivity contribution in [2.75, 3.05) is 20.1 Å². The van der Waals surface area contributed by atoms with Crippen LogP contribution in [0.3, 0.4) is 0 Å². The monoisotopic (exact) mass is 297 g/mol. The minimum Gasteiger partial charge on any atom is -0.358 e. The molecule has 0 bridgehead atoms. The van der Waals surface area contributed by atoms with Crippen molar-refractivity contribution in [3.05, 3.63) is 34.9 Å². The Morgan fingerprint density at radius 2 is 2.00 bits per heavy atom. The van der Waals surface area contributed by atoms with Crippen LogP contribution in [0.5, 0.6) is 0 Å². The van der Waals surface area contributed by atoms with Crippen LogP contribution in [-0.2, 0) is 4.79 Å². The Morgan fingerprint density at radius 1 is 1.40 bits per heavy atom. The number of nitrogens with one attached hydrogen (secondary N) is 1. The molecular weight excluding hydrogens is 274 g/mol. The Bertz CT molecular complexity index is 420. The molecule has 0 aliphatic rings. The van der Waals surface area contributed by atoms with Gasteiger partial charge in [-0.1, -0.05) is 30.7 Å². The highest BCUT2D eigenvalue weighted by Gasteiger charge is 2.25. The maximum atomic E-state index is 11.7. The molecule has 1 rings (SSSR count). The number of carbonyl (C=O) groups is 1. The lowest BCUT2D eigenvalue weighted by Crippen LogP contribution is -2.44. The summed E-state index contributed by atoms with van der Waals surface area (Å²) in [6, 6.07) is 7.59. The number of rotatable bonds is 7. The Hall–Kier alpha value is -1.10. The average Bonchev–Trinajstić information content (AvgIpc) is 2.41. The molecule has 112 valence electrons. The minimum atomic E-state index is -0.0765. The van der Waals surface area contributed by atoms with Crippen molar-refractivity contribution in [3.8, 4) is 0 Å². The summed E-state index contributed by atoms with van der Waals surface area (Å²) in [6.07, 6.45) is 0.966. The third kappa shape index (κ3) is 4.78. The first-order valence-corrected chi connectivity index (χ1v) is 7.33. The van der Waals surface area contributed by atoms with Gasteiger partial charge in [-0.25, -0.2) is 0 Å². The van der Waals surface area contributed by atoms with Gasteiger partial charge >= 0.3 is 0 Å². The Labute approximate surface area is 126 Å². The maximum Gasteiger partial charge on any atom is 0.233 e. The van der Waals surface area contributed by atoms with Gasteiger partial charge in [-0.15, -0.1) is 0 Å². The lowest BCUT2D eigenvalue weighted by atomic mass is 9.99. The molecule has 1 aromatic carbocycles. The molecule has 5 heteroatoms. The van der Waals surface area contributed by atoms with Crippen molar-refractivity contribution in [3.63, 3.8) is 0 Å². The fourth-order valence-corrected chi connectivity index (χ4v) is 2.50. The first kappa shape index (κ1) is 17.0. The number of benzene rings is 1. The minimum absolute atomic E-state index is 0.00179. The van der Waals surface area contributed by atoms with Gasteiger partial charge in [0, 0.05) is 18.1 Å².